The van der Waals surface area contributed by atoms with E-state index in [0.29, 0.717) is 27.4 Å². The number of halogens is 1. The van der Waals surface area contributed by atoms with Crippen molar-refractivity contribution in [1.29, 1.82) is 0 Å². The van der Waals surface area contributed by atoms with Gasteiger partial charge in [0.1, 0.15) is 0 Å². The molecule has 35 heavy (non-hydrogen) atoms. The van der Waals surface area contributed by atoms with Crippen molar-refractivity contribution in [2.24, 2.45) is 0 Å². The largest absolute Gasteiger partial charge is 0.326 e. The van der Waals surface area contributed by atoms with Crippen LogP contribution in [-0.2, 0) is 9.59 Å². The molecule has 7 nitrogen and oxygen atoms in total. The number of hydrogen-bond donors (Lipinski definition) is 2. The van der Waals surface area contributed by atoms with Crippen LogP contribution in [0.25, 0.3) is 17.1 Å². The maximum Gasteiger partial charge on any atom is 0.237 e. The Kier molecular flexibility index (Phi) is 7.53. The Morgan fingerprint density at radius 3 is 2.09 bits per heavy atom. The van der Waals surface area contributed by atoms with Crippen molar-refractivity contribution < 1.29 is 9.59 Å². The first-order chi connectivity index (χ1) is 16.8. The Labute approximate surface area is 212 Å². The van der Waals surface area contributed by atoms with E-state index in [9.17, 15) is 9.59 Å². The molecule has 9 heteroatoms. The minimum atomic E-state index is -0.448. The molecule has 0 aliphatic rings. The molecule has 178 valence electrons. The SMILES string of the molecule is CC(=O)Nc1ccc(NC(=O)[C@H](C)Sc2nnc(-c3ccc(Cl)cc3)n2-c2ccc(C)cc2)cc1. The Hall–Kier alpha value is -3.62. The van der Waals surface area contributed by atoms with E-state index in [-0.39, 0.29) is 11.8 Å². The van der Waals surface area contributed by atoms with Crippen LogP contribution in [-0.4, -0.2) is 31.8 Å². The van der Waals surface area contributed by atoms with Gasteiger partial charge < -0.3 is 10.6 Å². The van der Waals surface area contributed by atoms with Crippen LogP contribution >= 0.6 is 23.4 Å². The van der Waals surface area contributed by atoms with Crippen LogP contribution in [0.5, 0.6) is 0 Å². The van der Waals surface area contributed by atoms with E-state index in [0.717, 1.165) is 16.8 Å². The third-order valence-corrected chi connectivity index (χ3v) is 6.45. The van der Waals surface area contributed by atoms with Gasteiger partial charge in [-0.3, -0.25) is 14.2 Å². The van der Waals surface area contributed by atoms with Crippen LogP contribution in [0.15, 0.2) is 78.0 Å². The molecule has 1 atom stereocenters. The van der Waals surface area contributed by atoms with Crippen molar-refractivity contribution in [1.82, 2.24) is 14.8 Å². The highest BCUT2D eigenvalue weighted by Gasteiger charge is 2.22. The summed E-state index contributed by atoms with van der Waals surface area (Å²) in [5.41, 5.74) is 4.21. The summed E-state index contributed by atoms with van der Waals surface area (Å²) in [4.78, 5) is 24.1. The number of anilines is 2. The van der Waals surface area contributed by atoms with E-state index in [1.807, 2.05) is 66.9 Å². The van der Waals surface area contributed by atoms with Gasteiger partial charge in [-0.1, -0.05) is 41.1 Å². The van der Waals surface area contributed by atoms with Crippen LogP contribution in [0.1, 0.15) is 19.4 Å². The van der Waals surface area contributed by atoms with Crippen molar-refractivity contribution in [2.45, 2.75) is 31.2 Å². The number of nitrogens with zero attached hydrogens (tertiary/aromatic N) is 3. The molecular weight excluding hydrogens is 482 g/mol. The number of amides is 2. The topological polar surface area (TPSA) is 88.9 Å². The molecule has 2 amide bonds. The summed E-state index contributed by atoms with van der Waals surface area (Å²) in [5, 5.41) is 15.2. The van der Waals surface area contributed by atoms with E-state index >= 15 is 0 Å². The molecular formula is C26H24ClN5O2S. The van der Waals surface area contributed by atoms with Gasteiger partial charge in [0, 0.05) is 34.6 Å². The van der Waals surface area contributed by atoms with Crippen LogP contribution in [0.3, 0.4) is 0 Å². The number of thioether (sulfide) groups is 1. The maximum atomic E-state index is 12.9. The van der Waals surface area contributed by atoms with Crippen molar-refractivity contribution in [3.8, 4) is 17.1 Å². The molecule has 0 radical (unpaired) electrons. The first-order valence-electron chi connectivity index (χ1n) is 10.9. The summed E-state index contributed by atoms with van der Waals surface area (Å²) < 4.78 is 1.94. The van der Waals surface area contributed by atoms with Crippen LogP contribution in [0.2, 0.25) is 5.02 Å². The zero-order valence-corrected chi connectivity index (χ0v) is 21.0. The molecule has 1 heterocycles. The maximum absolute atomic E-state index is 12.9. The first-order valence-corrected chi connectivity index (χ1v) is 12.2. The average molecular weight is 506 g/mol. The highest BCUT2D eigenvalue weighted by atomic mass is 35.5. The minimum Gasteiger partial charge on any atom is -0.326 e. The third kappa shape index (κ3) is 6.09. The lowest BCUT2D eigenvalue weighted by molar-refractivity contribution is -0.115. The molecule has 1 aromatic heterocycles. The average Bonchev–Trinajstić information content (AvgIpc) is 3.24. The van der Waals surface area contributed by atoms with Crippen molar-refractivity contribution in [2.75, 3.05) is 10.6 Å². The lowest BCUT2D eigenvalue weighted by atomic mass is 10.2. The Morgan fingerprint density at radius 1 is 0.886 bits per heavy atom. The zero-order chi connectivity index (χ0) is 24.9. The minimum absolute atomic E-state index is 0.150. The van der Waals surface area contributed by atoms with Gasteiger partial charge in [-0.15, -0.1) is 10.2 Å². The van der Waals surface area contributed by atoms with Gasteiger partial charge in [-0.2, -0.15) is 0 Å². The number of hydrogen-bond acceptors (Lipinski definition) is 5. The molecule has 4 aromatic rings. The lowest BCUT2D eigenvalue weighted by Crippen LogP contribution is -2.23. The van der Waals surface area contributed by atoms with Crippen molar-refractivity contribution in [3.63, 3.8) is 0 Å². The quantitative estimate of drug-likeness (QED) is 0.302. The van der Waals surface area contributed by atoms with Gasteiger partial charge in [-0.25, -0.2) is 0 Å². The van der Waals surface area contributed by atoms with Gasteiger partial charge in [0.25, 0.3) is 0 Å². The predicted octanol–water partition coefficient (Wildman–Crippen LogP) is 5.97. The van der Waals surface area contributed by atoms with E-state index in [4.69, 9.17) is 11.6 Å². The molecule has 0 bridgehead atoms. The second kappa shape index (κ2) is 10.8. The van der Waals surface area contributed by atoms with Crippen LogP contribution in [0.4, 0.5) is 11.4 Å². The molecule has 0 spiro atoms. The van der Waals surface area contributed by atoms with E-state index in [2.05, 4.69) is 20.8 Å². The summed E-state index contributed by atoms with van der Waals surface area (Å²) in [6, 6.07) is 22.4. The van der Waals surface area contributed by atoms with Gasteiger partial charge in [-0.05, 0) is 74.5 Å². The number of rotatable bonds is 7. The van der Waals surface area contributed by atoms with Crippen LogP contribution < -0.4 is 10.6 Å². The van der Waals surface area contributed by atoms with Gasteiger partial charge in [0.2, 0.25) is 11.8 Å². The summed E-state index contributed by atoms with van der Waals surface area (Å²) in [6.45, 7) is 5.30. The predicted molar refractivity (Wildman–Crippen MR) is 141 cm³/mol. The highest BCUT2D eigenvalue weighted by molar-refractivity contribution is 8.00. The molecule has 3 aromatic carbocycles. The van der Waals surface area contributed by atoms with E-state index in [1.54, 1.807) is 24.3 Å². The highest BCUT2D eigenvalue weighted by Crippen LogP contribution is 2.31. The number of carbonyl (C=O) groups is 2. The molecule has 0 saturated carbocycles. The van der Waals surface area contributed by atoms with Gasteiger partial charge in [0.15, 0.2) is 11.0 Å². The standard InChI is InChI=1S/C26H24ClN5O2S/c1-16-4-14-23(15-5-16)32-24(19-6-8-20(27)9-7-19)30-31-26(32)35-17(2)25(34)29-22-12-10-21(11-13-22)28-18(3)33/h4-15,17H,1-3H3,(H,28,33)(H,29,34)/t17-/m0/s1. The normalized spacial score (nSPS) is 11.7. The molecule has 2 N–H and O–H groups in total. The molecule has 0 fully saturated rings. The fraction of sp³-hybridized carbons (Fsp3) is 0.154. The third-order valence-electron chi connectivity index (χ3n) is 5.15. The van der Waals surface area contributed by atoms with Crippen LogP contribution in [0, 0.1) is 6.92 Å². The monoisotopic (exact) mass is 505 g/mol. The molecule has 0 unspecified atom stereocenters. The van der Waals surface area contributed by atoms with Crippen molar-refractivity contribution >= 4 is 46.6 Å². The molecule has 0 aliphatic carbocycles. The number of benzene rings is 3. The Morgan fingerprint density at radius 2 is 1.49 bits per heavy atom. The fourth-order valence-electron chi connectivity index (χ4n) is 3.35. The smallest absolute Gasteiger partial charge is 0.237 e. The van der Waals surface area contributed by atoms with Crippen molar-refractivity contribution in [3.05, 3.63) is 83.4 Å². The molecule has 0 saturated heterocycles. The second-order valence-corrected chi connectivity index (χ2v) is 9.74. The fourth-order valence-corrected chi connectivity index (χ4v) is 4.35. The number of aryl methyl sites for hydroxylation is 1. The number of carbonyl (C=O) groups excluding carboxylic acids is 2. The second-order valence-electron chi connectivity index (χ2n) is 7.99. The van der Waals surface area contributed by atoms with E-state index < -0.39 is 5.25 Å². The summed E-state index contributed by atoms with van der Waals surface area (Å²) in [7, 11) is 0. The number of aromatic nitrogens is 3. The number of nitrogens with one attached hydrogen (secondary N) is 2. The summed E-state index contributed by atoms with van der Waals surface area (Å²) in [6.07, 6.45) is 0. The van der Waals surface area contributed by atoms with Gasteiger partial charge >= 0.3 is 0 Å². The first kappa shape index (κ1) is 24.5. The van der Waals surface area contributed by atoms with Gasteiger partial charge in [0.05, 0.1) is 5.25 Å². The summed E-state index contributed by atoms with van der Waals surface area (Å²) >= 11 is 7.39. The Balaban J connectivity index is 1.57. The summed E-state index contributed by atoms with van der Waals surface area (Å²) in [5.74, 6) is 0.338. The molecule has 0 aliphatic heterocycles. The molecule has 4 rings (SSSR count). The van der Waals surface area contributed by atoms with E-state index in [1.165, 1.54) is 18.7 Å². The lowest BCUT2D eigenvalue weighted by Gasteiger charge is -2.14. The Bertz CT molecular complexity index is 1340. The zero-order valence-electron chi connectivity index (χ0n) is 19.4.